The van der Waals surface area contributed by atoms with Gasteiger partial charge in [0, 0.05) is 60.1 Å². The molecule has 1 atom stereocenters. The van der Waals surface area contributed by atoms with Crippen molar-refractivity contribution in [3.05, 3.63) is 68.2 Å². The second-order valence-electron chi connectivity index (χ2n) is 12.4. The molecule has 7 nitrogen and oxygen atoms in total. The number of anilines is 2. The van der Waals surface area contributed by atoms with Crippen molar-refractivity contribution in [2.24, 2.45) is 23.2 Å². The van der Waals surface area contributed by atoms with Crippen molar-refractivity contribution in [1.29, 1.82) is 0 Å². The maximum absolute atomic E-state index is 12.8. The maximum atomic E-state index is 12.8. The first-order valence-corrected chi connectivity index (χ1v) is 15.2. The lowest BCUT2D eigenvalue weighted by molar-refractivity contribution is -0.384. The number of halogens is 2. The molecular weight excluding hydrogens is 547 g/mol. The summed E-state index contributed by atoms with van der Waals surface area (Å²) in [5.74, 6) is 2.41. The number of rotatable bonds is 7. The molecule has 0 spiro atoms. The Labute approximate surface area is 245 Å². The summed E-state index contributed by atoms with van der Waals surface area (Å²) in [6, 6.07) is 10.8. The minimum absolute atomic E-state index is 0.0684. The highest BCUT2D eigenvalue weighted by Gasteiger charge is 2.53. The molecule has 1 amide bonds. The maximum Gasteiger partial charge on any atom is 0.292 e. The molecule has 2 aromatic carbocycles. The van der Waals surface area contributed by atoms with E-state index in [2.05, 4.69) is 17.1 Å². The molecule has 4 aliphatic carbocycles. The van der Waals surface area contributed by atoms with Gasteiger partial charge >= 0.3 is 0 Å². The van der Waals surface area contributed by atoms with Gasteiger partial charge in [-0.3, -0.25) is 14.9 Å². The number of piperazine rings is 1. The Hall–Kier alpha value is -2.77. The Morgan fingerprint density at radius 3 is 2.27 bits per heavy atom. The second kappa shape index (κ2) is 10.9. The summed E-state index contributed by atoms with van der Waals surface area (Å²) in [5.41, 5.74) is 2.66. The fraction of sp³-hybridized carbons (Fsp3) is 0.516. The van der Waals surface area contributed by atoms with Crippen LogP contribution < -0.4 is 10.2 Å². The minimum Gasteiger partial charge on any atom is -0.376 e. The molecule has 0 aromatic heterocycles. The van der Waals surface area contributed by atoms with Crippen LogP contribution >= 0.6 is 23.2 Å². The summed E-state index contributed by atoms with van der Waals surface area (Å²) >= 11 is 12.2. The van der Waals surface area contributed by atoms with E-state index in [1.165, 1.54) is 38.5 Å². The van der Waals surface area contributed by atoms with Crippen LogP contribution in [0.25, 0.3) is 6.08 Å². The lowest BCUT2D eigenvalue weighted by Crippen LogP contribution is -2.53. The SMILES string of the molecule is C[C@@H](Nc1cc(N2CCN(C(=O)/C=C/c3ccc(Cl)cc3Cl)CC2)ccc1[N+](=O)[O-])C12CC3CC(CC(C3)C1)C2. The Morgan fingerprint density at radius 2 is 1.68 bits per heavy atom. The van der Waals surface area contributed by atoms with Crippen molar-refractivity contribution in [2.75, 3.05) is 36.4 Å². The van der Waals surface area contributed by atoms with Crippen LogP contribution in [0.2, 0.25) is 10.0 Å². The highest BCUT2D eigenvalue weighted by atomic mass is 35.5. The van der Waals surface area contributed by atoms with Gasteiger partial charge in [-0.15, -0.1) is 0 Å². The van der Waals surface area contributed by atoms with Gasteiger partial charge in [-0.05, 0) is 105 Å². The zero-order chi connectivity index (χ0) is 28.0. The van der Waals surface area contributed by atoms with Gasteiger partial charge in [0.2, 0.25) is 5.91 Å². The predicted molar refractivity (Wildman–Crippen MR) is 161 cm³/mol. The van der Waals surface area contributed by atoms with E-state index in [0.29, 0.717) is 41.9 Å². The molecule has 4 bridgehead atoms. The zero-order valence-corrected chi connectivity index (χ0v) is 24.3. The number of hydrogen-bond donors (Lipinski definition) is 1. The van der Waals surface area contributed by atoms with E-state index in [4.69, 9.17) is 23.2 Å². The van der Waals surface area contributed by atoms with Gasteiger partial charge in [-0.1, -0.05) is 29.3 Å². The van der Waals surface area contributed by atoms with E-state index in [9.17, 15) is 14.9 Å². The molecule has 1 aliphatic heterocycles. The third-order valence-corrected chi connectivity index (χ3v) is 10.4. The number of carbonyl (C=O) groups excluding carboxylic acids is 1. The highest BCUT2D eigenvalue weighted by Crippen LogP contribution is 2.61. The molecule has 2 aromatic rings. The van der Waals surface area contributed by atoms with Crippen LogP contribution in [0, 0.1) is 33.3 Å². The van der Waals surface area contributed by atoms with Gasteiger partial charge in [0.25, 0.3) is 5.69 Å². The van der Waals surface area contributed by atoms with Gasteiger partial charge in [0.05, 0.1) is 4.92 Å². The van der Waals surface area contributed by atoms with E-state index >= 15 is 0 Å². The van der Waals surface area contributed by atoms with Gasteiger partial charge < -0.3 is 15.1 Å². The Kier molecular flexibility index (Phi) is 7.47. The van der Waals surface area contributed by atoms with Gasteiger partial charge in [0.15, 0.2) is 0 Å². The number of carbonyl (C=O) groups is 1. The smallest absolute Gasteiger partial charge is 0.292 e. The molecule has 4 saturated carbocycles. The van der Waals surface area contributed by atoms with E-state index < -0.39 is 0 Å². The van der Waals surface area contributed by atoms with Crippen LogP contribution in [0.15, 0.2) is 42.5 Å². The molecule has 40 heavy (non-hydrogen) atoms. The molecule has 5 aliphatic rings. The van der Waals surface area contributed by atoms with Crippen molar-refractivity contribution in [2.45, 2.75) is 51.5 Å². The zero-order valence-electron chi connectivity index (χ0n) is 22.8. The van der Waals surface area contributed by atoms with Crippen molar-refractivity contribution >= 4 is 52.2 Å². The molecule has 0 radical (unpaired) electrons. The van der Waals surface area contributed by atoms with E-state index in [1.807, 2.05) is 17.0 Å². The summed E-state index contributed by atoms with van der Waals surface area (Å²) in [4.78, 5) is 28.5. The number of hydrogen-bond acceptors (Lipinski definition) is 5. The molecular formula is C31H36Cl2N4O3. The lowest BCUT2D eigenvalue weighted by Gasteiger charge is -2.59. The minimum atomic E-state index is -0.283. The first-order valence-electron chi connectivity index (χ1n) is 14.4. The topological polar surface area (TPSA) is 78.7 Å². The molecule has 9 heteroatoms. The summed E-state index contributed by atoms with van der Waals surface area (Å²) in [6.45, 7) is 4.69. The number of amides is 1. The van der Waals surface area contributed by atoms with Crippen LogP contribution in [0.1, 0.15) is 51.0 Å². The van der Waals surface area contributed by atoms with Crippen LogP contribution in [0.4, 0.5) is 17.1 Å². The average Bonchev–Trinajstić information content (AvgIpc) is 2.91. The van der Waals surface area contributed by atoms with Crippen LogP contribution in [0.3, 0.4) is 0 Å². The monoisotopic (exact) mass is 582 g/mol. The van der Waals surface area contributed by atoms with Crippen molar-refractivity contribution in [3.63, 3.8) is 0 Å². The van der Waals surface area contributed by atoms with Crippen molar-refractivity contribution < 1.29 is 9.72 Å². The van der Waals surface area contributed by atoms with Crippen molar-refractivity contribution in [1.82, 2.24) is 4.90 Å². The average molecular weight is 584 g/mol. The van der Waals surface area contributed by atoms with E-state index in [-0.39, 0.29) is 28.0 Å². The van der Waals surface area contributed by atoms with Crippen LogP contribution in [0.5, 0.6) is 0 Å². The van der Waals surface area contributed by atoms with Gasteiger partial charge in [-0.2, -0.15) is 0 Å². The quantitative estimate of drug-likeness (QED) is 0.211. The summed E-state index contributed by atoms with van der Waals surface area (Å²) in [5, 5.41) is 16.6. The molecule has 1 saturated heterocycles. The van der Waals surface area contributed by atoms with Gasteiger partial charge in [-0.25, -0.2) is 0 Å². The number of nitro groups is 1. The first kappa shape index (κ1) is 27.4. The third kappa shape index (κ3) is 5.42. The lowest BCUT2D eigenvalue weighted by atomic mass is 9.48. The normalized spacial score (nSPS) is 28.2. The van der Waals surface area contributed by atoms with E-state index in [1.54, 1.807) is 36.4 Å². The summed E-state index contributed by atoms with van der Waals surface area (Å²) in [7, 11) is 0. The number of benzene rings is 2. The molecule has 0 unspecified atom stereocenters. The molecule has 212 valence electrons. The molecule has 7 rings (SSSR count). The van der Waals surface area contributed by atoms with Gasteiger partial charge in [0.1, 0.15) is 5.69 Å². The summed E-state index contributed by atoms with van der Waals surface area (Å²) in [6.07, 6.45) is 11.1. The largest absolute Gasteiger partial charge is 0.376 e. The number of nitro benzene ring substituents is 1. The number of nitrogens with one attached hydrogen (secondary N) is 1. The fourth-order valence-electron chi connectivity index (χ4n) is 8.18. The van der Waals surface area contributed by atoms with Crippen molar-refractivity contribution in [3.8, 4) is 0 Å². The van der Waals surface area contributed by atoms with Crippen LogP contribution in [-0.2, 0) is 4.79 Å². The number of nitrogens with zero attached hydrogens (tertiary/aromatic N) is 3. The Bertz CT molecular complexity index is 1300. The van der Waals surface area contributed by atoms with Crippen LogP contribution in [-0.4, -0.2) is 48.0 Å². The first-order chi connectivity index (χ1) is 19.2. The van der Waals surface area contributed by atoms with E-state index in [0.717, 1.165) is 29.0 Å². The molecule has 1 N–H and O–H groups in total. The molecule has 1 heterocycles. The predicted octanol–water partition coefficient (Wildman–Crippen LogP) is 7.28. The summed E-state index contributed by atoms with van der Waals surface area (Å²) < 4.78 is 0. The second-order valence-corrected chi connectivity index (χ2v) is 13.3. The third-order valence-electron chi connectivity index (χ3n) is 9.88. The Balaban J connectivity index is 1.12. The fourth-order valence-corrected chi connectivity index (χ4v) is 8.65. The Morgan fingerprint density at radius 1 is 1.02 bits per heavy atom. The highest BCUT2D eigenvalue weighted by molar-refractivity contribution is 6.35. The standard InChI is InChI=1S/C31H36Cl2N4O3/c1-20(31-17-21-12-22(18-31)14-23(13-21)19-31)34-28-16-26(5-6-29(28)37(39)40)35-8-10-36(11-9-35)30(38)7-3-24-2-4-25(32)15-27(24)33/h2-7,15-16,20-23,34H,8-14,17-19H2,1H3/b7-3+/t20-,21?,22?,23?,31?/m1/s1. The molecule has 5 fully saturated rings.